The number of hydrogen-bond donors (Lipinski definition) is 1. The van der Waals surface area contributed by atoms with Gasteiger partial charge in [-0.2, -0.15) is 18.4 Å². The Morgan fingerprint density at radius 3 is 2.37 bits per heavy atom. The smallest absolute Gasteiger partial charge is 0.280 e. The molecule has 140 valence electrons. The Morgan fingerprint density at radius 1 is 0.926 bits per heavy atom. The highest BCUT2D eigenvalue weighted by atomic mass is 32.2. The van der Waals surface area contributed by atoms with Crippen molar-refractivity contribution in [3.05, 3.63) is 66.2 Å². The van der Waals surface area contributed by atoms with Gasteiger partial charge in [0.2, 0.25) is 0 Å². The maximum atomic E-state index is 12.7. The molecule has 0 fully saturated rings. The molecule has 0 saturated carbocycles. The highest BCUT2D eigenvalue weighted by molar-refractivity contribution is 7.89. The summed E-state index contributed by atoms with van der Waals surface area (Å²) in [6, 6.07) is 18.3. The van der Waals surface area contributed by atoms with E-state index in [1.54, 1.807) is 13.0 Å². The first kappa shape index (κ1) is 18.7. The second-order valence-electron chi connectivity index (χ2n) is 5.87. The quantitative estimate of drug-likeness (QED) is 0.521. The molecule has 3 aromatic rings. The average Bonchev–Trinajstić information content (AvgIpc) is 2.71. The number of methoxy groups -OCH3 is 2. The van der Waals surface area contributed by atoms with E-state index in [1.807, 2.05) is 42.5 Å². The number of hydrogen-bond acceptors (Lipinski definition) is 5. The van der Waals surface area contributed by atoms with E-state index in [9.17, 15) is 8.42 Å². The number of rotatable bonds is 6. The third-order valence-electron chi connectivity index (χ3n) is 4.16. The number of nitrogens with one attached hydrogen (secondary N) is 1. The minimum atomic E-state index is -3.92. The molecule has 0 aliphatic heterocycles. The number of hydrazone groups is 1. The lowest BCUT2D eigenvalue weighted by atomic mass is 10.0. The molecule has 6 nitrogen and oxygen atoms in total. The van der Waals surface area contributed by atoms with Crippen LogP contribution in [0.2, 0.25) is 0 Å². The summed E-state index contributed by atoms with van der Waals surface area (Å²) in [5.41, 5.74) is 1.38. The minimum Gasteiger partial charge on any atom is -0.497 e. The molecule has 0 aromatic heterocycles. The Bertz CT molecular complexity index is 1110. The van der Waals surface area contributed by atoms with Crippen LogP contribution in [0.25, 0.3) is 10.8 Å². The van der Waals surface area contributed by atoms with Crippen LogP contribution in [0.4, 0.5) is 0 Å². The summed E-state index contributed by atoms with van der Waals surface area (Å²) in [5, 5.41) is 6.23. The van der Waals surface area contributed by atoms with Crippen molar-refractivity contribution in [3.8, 4) is 11.5 Å². The fourth-order valence-corrected chi connectivity index (χ4v) is 3.69. The Balaban J connectivity index is 1.91. The van der Waals surface area contributed by atoms with Crippen LogP contribution in [0.15, 0.2) is 70.7 Å². The highest BCUT2D eigenvalue weighted by Crippen LogP contribution is 2.28. The number of fused-ring (bicyclic) bond motifs is 1. The van der Waals surface area contributed by atoms with Gasteiger partial charge in [0.25, 0.3) is 10.0 Å². The zero-order chi connectivity index (χ0) is 19.4. The van der Waals surface area contributed by atoms with Gasteiger partial charge in [0, 0.05) is 6.07 Å². The van der Waals surface area contributed by atoms with E-state index in [4.69, 9.17) is 9.47 Å². The predicted octanol–water partition coefficient (Wildman–Crippen LogP) is 3.56. The highest BCUT2D eigenvalue weighted by Gasteiger charge is 2.20. The normalized spacial score (nSPS) is 12.0. The van der Waals surface area contributed by atoms with Gasteiger partial charge in [-0.3, -0.25) is 0 Å². The summed E-state index contributed by atoms with van der Waals surface area (Å²) in [6.07, 6.45) is 0. The maximum absolute atomic E-state index is 12.7. The van der Waals surface area contributed by atoms with Crippen molar-refractivity contribution in [1.29, 1.82) is 0 Å². The first-order valence-electron chi connectivity index (χ1n) is 8.22. The number of sulfonamides is 1. The first-order valence-corrected chi connectivity index (χ1v) is 9.70. The van der Waals surface area contributed by atoms with Gasteiger partial charge >= 0.3 is 0 Å². The summed E-state index contributed by atoms with van der Waals surface area (Å²) in [4.78, 5) is 2.23. The van der Waals surface area contributed by atoms with E-state index in [0.717, 1.165) is 16.3 Å². The molecule has 0 aliphatic carbocycles. The fourth-order valence-electron chi connectivity index (χ4n) is 2.65. The minimum absolute atomic E-state index is 0.0422. The zero-order valence-corrected chi connectivity index (χ0v) is 16.1. The Kier molecular flexibility index (Phi) is 5.32. The molecule has 27 heavy (non-hydrogen) atoms. The molecular formula is C20H20N2O4S. The third-order valence-corrected chi connectivity index (χ3v) is 5.39. The van der Waals surface area contributed by atoms with Crippen LogP contribution in [0.5, 0.6) is 11.5 Å². The van der Waals surface area contributed by atoms with Gasteiger partial charge in [-0.1, -0.05) is 36.4 Å². The summed E-state index contributed by atoms with van der Waals surface area (Å²) < 4.78 is 35.6. The molecule has 0 radical (unpaired) electrons. The molecule has 0 saturated heterocycles. The Morgan fingerprint density at radius 2 is 1.67 bits per heavy atom. The largest absolute Gasteiger partial charge is 0.497 e. The standard InChI is InChI=1S/C20H20N2O4S/c1-14(16-9-8-15-6-4-5-7-17(15)12-16)21-22-27(23,24)20-13-18(25-2)10-11-19(20)26-3/h4-13,22H,1-3H3. The van der Waals surface area contributed by atoms with E-state index in [-0.39, 0.29) is 10.6 Å². The molecule has 0 bridgehead atoms. The molecule has 3 rings (SSSR count). The zero-order valence-electron chi connectivity index (χ0n) is 15.3. The SMILES string of the molecule is COc1ccc(OC)c(S(=O)(=O)NN=C(C)c2ccc3ccccc3c2)c1. The summed E-state index contributed by atoms with van der Waals surface area (Å²) >= 11 is 0. The Labute approximate surface area is 158 Å². The number of ether oxygens (including phenoxy) is 2. The van der Waals surface area contributed by atoms with Crippen molar-refractivity contribution in [2.24, 2.45) is 5.10 Å². The van der Waals surface area contributed by atoms with Crippen LogP contribution < -0.4 is 14.3 Å². The monoisotopic (exact) mass is 384 g/mol. The van der Waals surface area contributed by atoms with E-state index in [1.165, 1.54) is 26.4 Å². The van der Waals surface area contributed by atoms with E-state index in [0.29, 0.717) is 11.5 Å². The molecule has 0 unspecified atom stereocenters. The molecule has 3 aromatic carbocycles. The lowest BCUT2D eigenvalue weighted by Crippen LogP contribution is -2.20. The summed E-state index contributed by atoms with van der Waals surface area (Å²) in [6.45, 7) is 1.75. The Hall–Kier alpha value is -3.06. The van der Waals surface area contributed by atoms with Crippen molar-refractivity contribution in [1.82, 2.24) is 4.83 Å². The van der Waals surface area contributed by atoms with Crippen molar-refractivity contribution in [2.45, 2.75) is 11.8 Å². The first-order chi connectivity index (χ1) is 12.9. The van der Waals surface area contributed by atoms with Crippen LogP contribution in [-0.2, 0) is 10.0 Å². The van der Waals surface area contributed by atoms with Gasteiger partial charge in [-0.05, 0) is 41.5 Å². The average molecular weight is 384 g/mol. The van der Waals surface area contributed by atoms with E-state index >= 15 is 0 Å². The maximum Gasteiger partial charge on any atom is 0.280 e. The molecule has 0 atom stereocenters. The van der Waals surface area contributed by atoms with Gasteiger partial charge in [-0.25, -0.2) is 0 Å². The van der Waals surface area contributed by atoms with Crippen LogP contribution in [-0.4, -0.2) is 28.3 Å². The van der Waals surface area contributed by atoms with Crippen LogP contribution >= 0.6 is 0 Å². The van der Waals surface area contributed by atoms with E-state index < -0.39 is 10.0 Å². The van der Waals surface area contributed by atoms with Crippen molar-refractivity contribution in [2.75, 3.05) is 14.2 Å². The van der Waals surface area contributed by atoms with Gasteiger partial charge in [0.1, 0.15) is 16.4 Å². The topological polar surface area (TPSA) is 77.0 Å². The van der Waals surface area contributed by atoms with Gasteiger partial charge in [0.05, 0.1) is 19.9 Å². The van der Waals surface area contributed by atoms with Crippen LogP contribution in [0, 0.1) is 0 Å². The summed E-state index contributed by atoms with van der Waals surface area (Å²) in [7, 11) is -1.05. The molecule has 0 spiro atoms. The lowest BCUT2D eigenvalue weighted by molar-refractivity contribution is 0.392. The number of benzene rings is 3. The number of nitrogens with zero attached hydrogens (tertiary/aromatic N) is 1. The second-order valence-corrected chi connectivity index (χ2v) is 7.50. The third kappa shape index (κ3) is 4.03. The summed E-state index contributed by atoms with van der Waals surface area (Å²) in [5.74, 6) is 0.619. The van der Waals surface area contributed by atoms with Crippen molar-refractivity contribution in [3.63, 3.8) is 0 Å². The molecular weight excluding hydrogens is 364 g/mol. The van der Waals surface area contributed by atoms with Crippen LogP contribution in [0.3, 0.4) is 0 Å². The molecule has 7 heteroatoms. The van der Waals surface area contributed by atoms with Crippen molar-refractivity contribution < 1.29 is 17.9 Å². The van der Waals surface area contributed by atoms with Crippen molar-refractivity contribution >= 4 is 26.5 Å². The fraction of sp³-hybridized carbons (Fsp3) is 0.150. The predicted molar refractivity (Wildman–Crippen MR) is 106 cm³/mol. The molecule has 0 aliphatic rings. The molecule has 0 heterocycles. The lowest BCUT2D eigenvalue weighted by Gasteiger charge is -2.11. The van der Waals surface area contributed by atoms with Gasteiger partial charge in [0.15, 0.2) is 0 Å². The molecule has 0 amide bonds. The van der Waals surface area contributed by atoms with Crippen LogP contribution in [0.1, 0.15) is 12.5 Å². The van der Waals surface area contributed by atoms with E-state index in [2.05, 4.69) is 9.93 Å². The van der Waals surface area contributed by atoms with Gasteiger partial charge in [-0.15, -0.1) is 0 Å². The second kappa shape index (κ2) is 7.67. The molecule has 1 N–H and O–H groups in total. The van der Waals surface area contributed by atoms with Gasteiger partial charge < -0.3 is 9.47 Å².